The third-order valence-electron chi connectivity index (χ3n) is 3.02. The minimum absolute atomic E-state index is 0.407. The third-order valence-corrected chi connectivity index (χ3v) is 3.02. The van der Waals surface area contributed by atoms with Crippen molar-refractivity contribution in [2.75, 3.05) is 5.01 Å². The first-order valence-corrected chi connectivity index (χ1v) is 8.33. The lowest BCUT2D eigenvalue weighted by Crippen LogP contribution is -2.50. The Morgan fingerprint density at radius 1 is 1.08 bits per heavy atom. The van der Waals surface area contributed by atoms with Crippen LogP contribution in [-0.4, -0.2) is 33.4 Å². The largest absolute Gasteiger partial charge is 0.443 e. The van der Waals surface area contributed by atoms with E-state index in [1.54, 1.807) is 59.7 Å². The lowest BCUT2D eigenvalue weighted by atomic mass is 10.2. The van der Waals surface area contributed by atoms with Gasteiger partial charge in [-0.3, -0.25) is 0 Å². The van der Waals surface area contributed by atoms with E-state index in [4.69, 9.17) is 9.47 Å². The van der Waals surface area contributed by atoms with E-state index in [-0.39, 0.29) is 0 Å². The standard InChI is InChI=1S/C18H26N4O4/c1-11-19-13-9-8-12(10-14(13)20-11)22(16(24)26-18(5,6)7)21-15(23)25-17(2,3)4/h8-10H,1-7H3,(H,19,20)(H,21,23). The van der Waals surface area contributed by atoms with Crippen molar-refractivity contribution >= 4 is 28.9 Å². The normalized spacial score (nSPS) is 12.0. The molecule has 0 fully saturated rings. The van der Waals surface area contributed by atoms with E-state index in [0.29, 0.717) is 11.2 Å². The van der Waals surface area contributed by atoms with Crippen molar-refractivity contribution in [3.05, 3.63) is 24.0 Å². The van der Waals surface area contributed by atoms with Gasteiger partial charge in [-0.2, -0.15) is 5.01 Å². The number of aromatic nitrogens is 2. The number of imidazole rings is 1. The number of hydrogen-bond donors (Lipinski definition) is 2. The Morgan fingerprint density at radius 3 is 2.27 bits per heavy atom. The summed E-state index contributed by atoms with van der Waals surface area (Å²) in [6.45, 7) is 12.3. The quantitative estimate of drug-likeness (QED) is 0.746. The van der Waals surface area contributed by atoms with Crippen molar-refractivity contribution < 1.29 is 19.1 Å². The number of rotatable bonds is 1. The summed E-state index contributed by atoms with van der Waals surface area (Å²) in [7, 11) is 0. The van der Waals surface area contributed by atoms with Gasteiger partial charge >= 0.3 is 12.2 Å². The Hall–Kier alpha value is -2.77. The Morgan fingerprint density at radius 2 is 1.69 bits per heavy atom. The van der Waals surface area contributed by atoms with Gasteiger partial charge in [0.1, 0.15) is 17.0 Å². The van der Waals surface area contributed by atoms with Crippen LogP contribution in [-0.2, 0) is 9.47 Å². The molecule has 0 spiro atoms. The zero-order valence-corrected chi connectivity index (χ0v) is 16.3. The number of benzene rings is 1. The molecule has 8 heteroatoms. The molecule has 0 unspecified atom stereocenters. The highest BCUT2D eigenvalue weighted by molar-refractivity contribution is 5.93. The molecule has 0 saturated heterocycles. The molecule has 0 aliphatic rings. The summed E-state index contributed by atoms with van der Waals surface area (Å²) in [6.07, 6.45) is -1.49. The minimum atomic E-state index is -0.762. The maximum Gasteiger partial charge on any atom is 0.434 e. The molecule has 0 aliphatic heterocycles. The summed E-state index contributed by atoms with van der Waals surface area (Å²) in [6, 6.07) is 5.14. The summed E-state index contributed by atoms with van der Waals surface area (Å²) in [5.41, 5.74) is 2.92. The Balaban J connectivity index is 2.34. The number of fused-ring (bicyclic) bond motifs is 1. The molecule has 0 atom stereocenters. The SMILES string of the molecule is Cc1nc2cc(N(NC(=O)OC(C)(C)C)C(=O)OC(C)(C)C)ccc2[nH]1. The van der Waals surface area contributed by atoms with Gasteiger partial charge in [-0.15, -0.1) is 0 Å². The van der Waals surface area contributed by atoms with E-state index >= 15 is 0 Å². The predicted molar refractivity (Wildman–Crippen MR) is 98.9 cm³/mol. The highest BCUT2D eigenvalue weighted by atomic mass is 16.6. The number of carbonyl (C=O) groups is 2. The molecule has 2 amide bonds. The number of carbonyl (C=O) groups excluding carboxylic acids is 2. The van der Waals surface area contributed by atoms with Crippen LogP contribution in [0.15, 0.2) is 18.2 Å². The Labute approximate surface area is 152 Å². The fraction of sp³-hybridized carbons (Fsp3) is 0.500. The van der Waals surface area contributed by atoms with Gasteiger partial charge in [0.2, 0.25) is 0 Å². The maximum atomic E-state index is 12.6. The second kappa shape index (κ2) is 6.86. The molecule has 8 nitrogen and oxygen atoms in total. The summed E-state index contributed by atoms with van der Waals surface area (Å²) < 4.78 is 10.6. The third kappa shape index (κ3) is 5.37. The van der Waals surface area contributed by atoms with Crippen LogP contribution in [0.4, 0.5) is 15.3 Å². The van der Waals surface area contributed by atoms with Crippen molar-refractivity contribution in [1.82, 2.24) is 15.4 Å². The van der Waals surface area contributed by atoms with E-state index in [2.05, 4.69) is 15.4 Å². The lowest BCUT2D eigenvalue weighted by molar-refractivity contribution is 0.0425. The first kappa shape index (κ1) is 19.6. The molecular weight excluding hydrogens is 336 g/mol. The molecular formula is C18H26N4O4. The average Bonchev–Trinajstić information content (AvgIpc) is 2.79. The first-order chi connectivity index (χ1) is 11.8. The number of H-pyrrole nitrogens is 1. The van der Waals surface area contributed by atoms with Gasteiger partial charge in [-0.05, 0) is 66.7 Å². The number of nitrogens with zero attached hydrogens (tertiary/aromatic N) is 2. The highest BCUT2D eigenvalue weighted by Crippen LogP contribution is 2.22. The zero-order valence-electron chi connectivity index (χ0n) is 16.3. The van der Waals surface area contributed by atoms with E-state index < -0.39 is 23.4 Å². The monoisotopic (exact) mass is 362 g/mol. The molecule has 2 N–H and O–H groups in total. The Bertz CT molecular complexity index is 815. The number of aromatic amines is 1. The highest BCUT2D eigenvalue weighted by Gasteiger charge is 2.27. The molecule has 1 aromatic heterocycles. The number of amides is 2. The molecule has 1 heterocycles. The van der Waals surface area contributed by atoms with Crippen molar-refractivity contribution in [2.24, 2.45) is 0 Å². The van der Waals surface area contributed by atoms with Crippen LogP contribution >= 0.6 is 0 Å². The van der Waals surface area contributed by atoms with Crippen LogP contribution in [0.3, 0.4) is 0 Å². The number of hydrazine groups is 1. The summed E-state index contributed by atoms with van der Waals surface area (Å²) >= 11 is 0. The fourth-order valence-corrected chi connectivity index (χ4v) is 2.18. The van der Waals surface area contributed by atoms with Gasteiger partial charge < -0.3 is 14.5 Å². The molecule has 0 saturated carbocycles. The fourth-order valence-electron chi connectivity index (χ4n) is 2.18. The molecule has 0 aliphatic carbocycles. The van der Waals surface area contributed by atoms with Crippen LogP contribution in [0.25, 0.3) is 11.0 Å². The number of hydrogen-bond acceptors (Lipinski definition) is 5. The van der Waals surface area contributed by atoms with Crippen LogP contribution in [0.2, 0.25) is 0 Å². The number of anilines is 1. The van der Waals surface area contributed by atoms with Crippen LogP contribution in [0, 0.1) is 6.92 Å². The predicted octanol–water partition coefficient (Wildman–Crippen LogP) is 4.05. The lowest BCUT2D eigenvalue weighted by Gasteiger charge is -2.28. The van der Waals surface area contributed by atoms with Gasteiger partial charge in [-0.25, -0.2) is 20.0 Å². The molecule has 1 aromatic carbocycles. The van der Waals surface area contributed by atoms with Crippen molar-refractivity contribution in [1.29, 1.82) is 0 Å². The molecule has 0 bridgehead atoms. The molecule has 0 radical (unpaired) electrons. The van der Waals surface area contributed by atoms with Gasteiger partial charge in [0, 0.05) is 0 Å². The number of aryl methyl sites for hydroxylation is 1. The summed E-state index contributed by atoms with van der Waals surface area (Å²) in [4.78, 5) is 32.2. The second-order valence-electron chi connectivity index (χ2n) is 7.95. The molecule has 26 heavy (non-hydrogen) atoms. The first-order valence-electron chi connectivity index (χ1n) is 8.33. The Kier molecular flexibility index (Phi) is 5.16. The van der Waals surface area contributed by atoms with Crippen LogP contribution < -0.4 is 10.4 Å². The number of ether oxygens (including phenoxy) is 2. The van der Waals surface area contributed by atoms with Crippen molar-refractivity contribution in [2.45, 2.75) is 59.7 Å². The second-order valence-corrected chi connectivity index (χ2v) is 7.95. The van der Waals surface area contributed by atoms with Crippen molar-refractivity contribution in [3.8, 4) is 0 Å². The minimum Gasteiger partial charge on any atom is -0.443 e. The maximum absolute atomic E-state index is 12.6. The van der Waals surface area contributed by atoms with Crippen LogP contribution in [0.1, 0.15) is 47.4 Å². The van der Waals surface area contributed by atoms with Gasteiger partial charge in [0.15, 0.2) is 0 Å². The molecule has 142 valence electrons. The van der Waals surface area contributed by atoms with E-state index in [0.717, 1.165) is 16.4 Å². The number of nitrogens with one attached hydrogen (secondary N) is 2. The van der Waals surface area contributed by atoms with E-state index in [1.807, 2.05) is 6.92 Å². The average molecular weight is 362 g/mol. The smallest absolute Gasteiger partial charge is 0.434 e. The van der Waals surface area contributed by atoms with Gasteiger partial charge in [-0.1, -0.05) is 0 Å². The molecule has 2 rings (SSSR count). The van der Waals surface area contributed by atoms with E-state index in [9.17, 15) is 9.59 Å². The summed E-state index contributed by atoms with van der Waals surface area (Å²) in [5.74, 6) is 0.751. The van der Waals surface area contributed by atoms with Crippen LogP contribution in [0.5, 0.6) is 0 Å². The van der Waals surface area contributed by atoms with Crippen molar-refractivity contribution in [3.63, 3.8) is 0 Å². The van der Waals surface area contributed by atoms with E-state index in [1.165, 1.54) is 0 Å². The topological polar surface area (TPSA) is 96.6 Å². The zero-order chi connectivity index (χ0) is 19.7. The summed E-state index contributed by atoms with van der Waals surface area (Å²) in [5, 5.41) is 1.02. The van der Waals surface area contributed by atoms with Gasteiger partial charge in [0.05, 0.1) is 16.7 Å². The molecule has 2 aromatic rings. The van der Waals surface area contributed by atoms with Gasteiger partial charge in [0.25, 0.3) is 0 Å².